The summed E-state index contributed by atoms with van der Waals surface area (Å²) in [5, 5.41) is 6.71. The van der Waals surface area contributed by atoms with Crippen molar-refractivity contribution in [3.05, 3.63) is 39.8 Å². The molecular formula is C13H13Cl2FN4. The zero-order valence-electron chi connectivity index (χ0n) is 11.0. The molecule has 0 radical (unpaired) electrons. The number of halogens is 3. The summed E-state index contributed by atoms with van der Waals surface area (Å²) >= 11 is 12.1. The number of benzene rings is 1. The van der Waals surface area contributed by atoms with Crippen molar-refractivity contribution < 1.29 is 4.39 Å². The van der Waals surface area contributed by atoms with E-state index in [4.69, 9.17) is 23.2 Å². The molecule has 106 valence electrons. The molecule has 0 aliphatic heterocycles. The highest BCUT2D eigenvalue weighted by Crippen LogP contribution is 2.31. The summed E-state index contributed by atoms with van der Waals surface area (Å²) in [6, 6.07) is 3.34. The van der Waals surface area contributed by atoms with E-state index in [1.54, 1.807) is 12.1 Å². The van der Waals surface area contributed by atoms with E-state index in [9.17, 15) is 4.39 Å². The van der Waals surface area contributed by atoms with Crippen LogP contribution in [-0.2, 0) is 0 Å². The summed E-state index contributed by atoms with van der Waals surface area (Å²) in [4.78, 5) is 7.87. The summed E-state index contributed by atoms with van der Waals surface area (Å²) in [7, 11) is 0. The van der Waals surface area contributed by atoms with E-state index in [-0.39, 0.29) is 5.82 Å². The molecular weight excluding hydrogens is 302 g/mol. The fraction of sp³-hybridized carbons (Fsp3) is 0.231. The molecule has 0 bridgehead atoms. The zero-order valence-corrected chi connectivity index (χ0v) is 12.5. The molecule has 0 saturated carbocycles. The van der Waals surface area contributed by atoms with Gasteiger partial charge in [0.05, 0.1) is 16.9 Å². The van der Waals surface area contributed by atoms with Crippen molar-refractivity contribution in [1.29, 1.82) is 0 Å². The first-order valence-electron chi connectivity index (χ1n) is 6.00. The molecule has 0 saturated heterocycles. The number of anilines is 3. The topological polar surface area (TPSA) is 49.8 Å². The van der Waals surface area contributed by atoms with Crippen LogP contribution in [0.25, 0.3) is 0 Å². The van der Waals surface area contributed by atoms with E-state index < -0.39 is 5.82 Å². The van der Waals surface area contributed by atoms with Crippen LogP contribution >= 0.6 is 23.2 Å². The fourth-order valence-electron chi connectivity index (χ4n) is 1.57. The number of nitrogens with zero attached hydrogens (tertiary/aromatic N) is 2. The third-order valence-corrected chi connectivity index (χ3v) is 3.30. The first kappa shape index (κ1) is 14.8. The van der Waals surface area contributed by atoms with E-state index in [0.717, 1.165) is 11.8 Å². The standard InChI is InChI=1S/C13H13Cl2FN4/c1-3-17-13-18-6-10(16)12(20-13)19-11-5-8(14)7(2)4-9(11)15/h4-6H,3H2,1-2H3,(H2,17,18,19,20). The van der Waals surface area contributed by atoms with Gasteiger partial charge in [-0.05, 0) is 31.5 Å². The smallest absolute Gasteiger partial charge is 0.224 e. The summed E-state index contributed by atoms with van der Waals surface area (Å²) in [5.74, 6) is -0.192. The molecule has 0 spiro atoms. The van der Waals surface area contributed by atoms with Crippen LogP contribution in [0.1, 0.15) is 12.5 Å². The summed E-state index contributed by atoms with van der Waals surface area (Å²) in [5.41, 5.74) is 1.33. The van der Waals surface area contributed by atoms with Crippen LogP contribution in [-0.4, -0.2) is 16.5 Å². The lowest BCUT2D eigenvalue weighted by atomic mass is 10.2. The van der Waals surface area contributed by atoms with E-state index in [0.29, 0.717) is 28.2 Å². The molecule has 0 amide bonds. The Kier molecular flexibility index (Phi) is 4.62. The quantitative estimate of drug-likeness (QED) is 0.877. The Morgan fingerprint density at radius 2 is 2.00 bits per heavy atom. The van der Waals surface area contributed by atoms with Crippen molar-refractivity contribution in [2.45, 2.75) is 13.8 Å². The SMILES string of the molecule is CCNc1ncc(F)c(Nc2cc(Cl)c(C)cc2Cl)n1. The van der Waals surface area contributed by atoms with Gasteiger partial charge in [-0.3, -0.25) is 0 Å². The van der Waals surface area contributed by atoms with E-state index in [1.807, 2.05) is 13.8 Å². The second-order valence-corrected chi connectivity index (χ2v) is 4.94. The van der Waals surface area contributed by atoms with Crippen LogP contribution in [0.3, 0.4) is 0 Å². The van der Waals surface area contributed by atoms with Crippen LogP contribution in [0.4, 0.5) is 21.8 Å². The summed E-state index contributed by atoms with van der Waals surface area (Å²) in [6.45, 7) is 4.38. The van der Waals surface area contributed by atoms with Crippen LogP contribution < -0.4 is 10.6 Å². The second kappa shape index (κ2) is 6.24. The van der Waals surface area contributed by atoms with E-state index in [1.165, 1.54) is 0 Å². The number of nitrogens with one attached hydrogen (secondary N) is 2. The van der Waals surface area contributed by atoms with Gasteiger partial charge in [-0.15, -0.1) is 0 Å². The Morgan fingerprint density at radius 1 is 1.25 bits per heavy atom. The van der Waals surface area contributed by atoms with Crippen molar-refractivity contribution in [2.75, 3.05) is 17.2 Å². The Balaban J connectivity index is 2.34. The van der Waals surface area contributed by atoms with Gasteiger partial charge in [-0.25, -0.2) is 9.37 Å². The molecule has 0 atom stereocenters. The molecule has 0 aliphatic rings. The van der Waals surface area contributed by atoms with Crippen molar-refractivity contribution in [1.82, 2.24) is 9.97 Å². The molecule has 0 aliphatic carbocycles. The first-order chi connectivity index (χ1) is 9.51. The maximum absolute atomic E-state index is 13.7. The number of aromatic nitrogens is 2. The van der Waals surface area contributed by atoms with E-state index in [2.05, 4.69) is 20.6 Å². The molecule has 2 rings (SSSR count). The van der Waals surface area contributed by atoms with Crippen LogP contribution in [0, 0.1) is 12.7 Å². The van der Waals surface area contributed by atoms with Crippen LogP contribution in [0.2, 0.25) is 10.0 Å². The molecule has 1 aromatic heterocycles. The van der Waals surface area contributed by atoms with Gasteiger partial charge in [0.2, 0.25) is 5.95 Å². The summed E-state index contributed by atoms with van der Waals surface area (Å²) in [6.07, 6.45) is 1.09. The minimum absolute atomic E-state index is 0.0396. The molecule has 7 heteroatoms. The number of rotatable bonds is 4. The maximum atomic E-state index is 13.7. The Labute approximate surface area is 126 Å². The van der Waals surface area contributed by atoms with Crippen molar-refractivity contribution in [2.24, 2.45) is 0 Å². The number of aryl methyl sites for hydroxylation is 1. The Bertz CT molecular complexity index is 634. The van der Waals surface area contributed by atoms with Crippen LogP contribution in [0.15, 0.2) is 18.3 Å². The molecule has 4 nitrogen and oxygen atoms in total. The van der Waals surface area contributed by atoms with Gasteiger partial charge < -0.3 is 10.6 Å². The second-order valence-electron chi connectivity index (χ2n) is 4.13. The van der Waals surface area contributed by atoms with Gasteiger partial charge >= 0.3 is 0 Å². The normalized spacial score (nSPS) is 10.4. The lowest BCUT2D eigenvalue weighted by molar-refractivity contribution is 0.619. The highest BCUT2D eigenvalue weighted by molar-refractivity contribution is 6.35. The summed E-state index contributed by atoms with van der Waals surface area (Å²) < 4.78 is 13.7. The Morgan fingerprint density at radius 3 is 2.70 bits per heavy atom. The zero-order chi connectivity index (χ0) is 14.7. The minimum Gasteiger partial charge on any atom is -0.354 e. The van der Waals surface area contributed by atoms with Crippen molar-refractivity contribution in [3.8, 4) is 0 Å². The lowest BCUT2D eigenvalue weighted by Crippen LogP contribution is -2.06. The minimum atomic E-state index is -0.570. The number of hydrogen-bond acceptors (Lipinski definition) is 4. The predicted molar refractivity (Wildman–Crippen MR) is 80.6 cm³/mol. The molecule has 2 N–H and O–H groups in total. The molecule has 20 heavy (non-hydrogen) atoms. The van der Waals surface area contributed by atoms with Crippen molar-refractivity contribution in [3.63, 3.8) is 0 Å². The van der Waals surface area contributed by atoms with Crippen LogP contribution in [0.5, 0.6) is 0 Å². The molecule has 1 aromatic carbocycles. The highest BCUT2D eigenvalue weighted by atomic mass is 35.5. The molecule has 1 heterocycles. The molecule has 0 unspecified atom stereocenters. The van der Waals surface area contributed by atoms with Gasteiger partial charge in [-0.2, -0.15) is 4.98 Å². The van der Waals surface area contributed by atoms with Gasteiger partial charge in [0.25, 0.3) is 0 Å². The van der Waals surface area contributed by atoms with Gasteiger partial charge in [0.1, 0.15) is 0 Å². The third kappa shape index (κ3) is 3.29. The van der Waals surface area contributed by atoms with Gasteiger partial charge in [0, 0.05) is 11.6 Å². The molecule has 2 aromatic rings. The monoisotopic (exact) mass is 314 g/mol. The molecule has 0 fully saturated rings. The van der Waals surface area contributed by atoms with Crippen molar-refractivity contribution >= 4 is 40.7 Å². The fourth-order valence-corrected chi connectivity index (χ4v) is 2.00. The van der Waals surface area contributed by atoms with Gasteiger partial charge in [0.15, 0.2) is 11.6 Å². The average molecular weight is 315 g/mol. The first-order valence-corrected chi connectivity index (χ1v) is 6.76. The third-order valence-electron chi connectivity index (χ3n) is 2.58. The maximum Gasteiger partial charge on any atom is 0.224 e. The van der Waals surface area contributed by atoms with E-state index >= 15 is 0 Å². The largest absolute Gasteiger partial charge is 0.354 e. The predicted octanol–water partition coefficient (Wildman–Crippen LogP) is 4.41. The highest BCUT2D eigenvalue weighted by Gasteiger charge is 2.10. The lowest BCUT2D eigenvalue weighted by Gasteiger charge is -2.11. The van der Waals surface area contributed by atoms with Gasteiger partial charge in [-0.1, -0.05) is 23.2 Å². The Hall–Kier alpha value is -1.59. The number of hydrogen-bond donors (Lipinski definition) is 2. The average Bonchev–Trinajstić information content (AvgIpc) is 2.40.